The highest BCUT2D eigenvalue weighted by Crippen LogP contribution is 2.63. The number of aromatic amines is 1. The first-order chi connectivity index (χ1) is 16.7. The van der Waals surface area contributed by atoms with Crippen molar-refractivity contribution in [3.8, 4) is 5.75 Å². The van der Waals surface area contributed by atoms with Gasteiger partial charge in [0.2, 0.25) is 0 Å². The Bertz CT molecular complexity index is 1130. The van der Waals surface area contributed by atoms with Crippen LogP contribution in [0.5, 0.6) is 5.75 Å². The summed E-state index contributed by atoms with van der Waals surface area (Å²) in [7, 11) is 0. The minimum Gasteiger partial charge on any atom is -0.489 e. The van der Waals surface area contributed by atoms with E-state index in [0.717, 1.165) is 36.3 Å². The Morgan fingerprint density at radius 1 is 1.09 bits per heavy atom. The zero-order valence-electron chi connectivity index (χ0n) is 20.5. The van der Waals surface area contributed by atoms with Crippen LogP contribution in [-0.2, 0) is 25.9 Å². The van der Waals surface area contributed by atoms with Crippen LogP contribution in [0.1, 0.15) is 79.9 Å². The largest absolute Gasteiger partial charge is 0.489 e. The van der Waals surface area contributed by atoms with E-state index in [-0.39, 0.29) is 0 Å². The average molecular weight is 457 g/mol. The fraction of sp³-hybridized carbons (Fsp3) is 0.552. The molecule has 0 amide bonds. The molecule has 3 aliphatic carbocycles. The number of H-pyrrole nitrogens is 1. The Morgan fingerprint density at radius 2 is 1.97 bits per heavy atom. The van der Waals surface area contributed by atoms with Crippen LogP contribution < -0.4 is 4.74 Å². The predicted octanol–water partition coefficient (Wildman–Crippen LogP) is 6.06. The summed E-state index contributed by atoms with van der Waals surface area (Å²) in [4.78, 5) is 0. The third-order valence-corrected chi connectivity index (χ3v) is 9.54. The van der Waals surface area contributed by atoms with Crippen molar-refractivity contribution in [3.63, 3.8) is 0 Å². The monoisotopic (exact) mass is 456 g/mol. The van der Waals surface area contributed by atoms with E-state index in [1.807, 2.05) is 0 Å². The molecule has 1 N–H and O–H groups in total. The van der Waals surface area contributed by atoms with E-state index in [9.17, 15) is 0 Å². The maximum Gasteiger partial charge on any atom is 0.174 e. The Labute approximate surface area is 202 Å². The van der Waals surface area contributed by atoms with E-state index in [4.69, 9.17) is 4.74 Å². The lowest BCUT2D eigenvalue weighted by Crippen LogP contribution is -2.42. The fourth-order valence-electron chi connectivity index (χ4n) is 7.73. The second kappa shape index (κ2) is 8.83. The van der Waals surface area contributed by atoms with Crippen molar-refractivity contribution < 1.29 is 4.74 Å². The second-order valence-corrected chi connectivity index (χ2v) is 11.1. The van der Waals surface area contributed by atoms with Crippen LogP contribution in [0.2, 0.25) is 0 Å². The van der Waals surface area contributed by atoms with Crippen LogP contribution in [0.25, 0.3) is 0 Å². The lowest BCUT2D eigenvalue weighted by Gasteiger charge is -2.51. The van der Waals surface area contributed by atoms with Gasteiger partial charge in [-0.15, -0.1) is 10.2 Å². The molecule has 5 heteroatoms. The molecule has 2 fully saturated rings. The van der Waals surface area contributed by atoms with Gasteiger partial charge in [-0.25, -0.2) is 0 Å². The van der Waals surface area contributed by atoms with Crippen molar-refractivity contribution in [1.29, 1.82) is 0 Å². The number of nitrogens with one attached hydrogen (secondary N) is 1. The molecular formula is C29H36N4O. The lowest BCUT2D eigenvalue weighted by molar-refractivity contribution is 0.0279. The molecular weight excluding hydrogens is 420 g/mol. The predicted molar refractivity (Wildman–Crippen MR) is 133 cm³/mol. The third-order valence-electron chi connectivity index (χ3n) is 9.54. The van der Waals surface area contributed by atoms with Gasteiger partial charge in [0.05, 0.1) is 0 Å². The van der Waals surface area contributed by atoms with Gasteiger partial charge in [0.1, 0.15) is 12.4 Å². The lowest BCUT2D eigenvalue weighted by atomic mass is 9.54. The number of hydrogen-bond donors (Lipinski definition) is 1. The zero-order valence-corrected chi connectivity index (χ0v) is 20.5. The molecule has 178 valence electrons. The minimum atomic E-state index is 0.408. The fourth-order valence-corrected chi connectivity index (χ4v) is 7.73. The number of ether oxygens (including phenoxy) is 1. The molecule has 5 nitrogen and oxygen atoms in total. The molecule has 0 unspecified atom stereocenters. The first-order valence-electron chi connectivity index (χ1n) is 13.2. The van der Waals surface area contributed by atoms with Crippen molar-refractivity contribution in [2.45, 2.75) is 77.7 Å². The van der Waals surface area contributed by atoms with Crippen molar-refractivity contribution in [1.82, 2.24) is 20.6 Å². The standard InChI is InChI=1S/C29H36N4O/c1-3-20-15-25-21(16-27(20)34-18-19-7-5-4-6-8-19)9-11-24-23(25)13-14-29(2)22(10-12-26(24)29)17-28-30-32-33-31-28/h4-8,15-16,22-24,26H,3,9-14,17-18H2,1-2H3,(H,30,31,32,33)/t22-,23+,24-,26+,29-/m1/s1. The topological polar surface area (TPSA) is 63.7 Å². The molecule has 2 aromatic carbocycles. The number of aromatic nitrogens is 4. The smallest absolute Gasteiger partial charge is 0.174 e. The summed E-state index contributed by atoms with van der Waals surface area (Å²) >= 11 is 0. The summed E-state index contributed by atoms with van der Waals surface area (Å²) in [6.07, 6.45) is 9.77. The van der Waals surface area contributed by atoms with Crippen molar-refractivity contribution in [3.05, 3.63) is 70.5 Å². The Hall–Kier alpha value is -2.69. The van der Waals surface area contributed by atoms with Gasteiger partial charge in [0, 0.05) is 6.42 Å². The van der Waals surface area contributed by atoms with Gasteiger partial charge >= 0.3 is 0 Å². The summed E-state index contributed by atoms with van der Waals surface area (Å²) in [6, 6.07) is 15.4. The summed E-state index contributed by atoms with van der Waals surface area (Å²) in [5.74, 6) is 4.98. The first kappa shape index (κ1) is 21.8. The molecule has 2 saturated carbocycles. The zero-order chi connectivity index (χ0) is 23.1. The molecule has 1 aromatic heterocycles. The molecule has 0 aliphatic heterocycles. The van der Waals surface area contributed by atoms with Crippen LogP contribution >= 0.6 is 0 Å². The SMILES string of the molecule is CCc1cc2c(cc1OCc1ccccc1)CC[C@@H]1[C@@H]2CC[C@]2(C)[C@@H](Cc3nn[nH]n3)CC[C@@H]12. The molecule has 34 heavy (non-hydrogen) atoms. The summed E-state index contributed by atoms with van der Waals surface area (Å²) in [5.41, 5.74) is 6.16. The Morgan fingerprint density at radius 3 is 2.76 bits per heavy atom. The number of fused-ring (bicyclic) bond motifs is 5. The molecule has 0 bridgehead atoms. The Balaban J connectivity index is 1.23. The molecule has 0 saturated heterocycles. The number of nitrogens with zero attached hydrogens (tertiary/aromatic N) is 3. The average Bonchev–Trinajstić information content (AvgIpc) is 3.50. The molecule has 3 aromatic rings. The van der Waals surface area contributed by atoms with E-state index < -0.39 is 0 Å². The van der Waals surface area contributed by atoms with Crippen molar-refractivity contribution >= 4 is 0 Å². The van der Waals surface area contributed by atoms with Gasteiger partial charge in [0.15, 0.2) is 5.82 Å². The van der Waals surface area contributed by atoms with Crippen molar-refractivity contribution in [2.24, 2.45) is 23.2 Å². The van der Waals surface area contributed by atoms with Crippen LogP contribution in [-0.4, -0.2) is 20.6 Å². The van der Waals surface area contributed by atoms with E-state index in [2.05, 4.69) is 76.9 Å². The molecule has 0 radical (unpaired) electrons. The number of aryl methyl sites for hydroxylation is 2. The third kappa shape index (κ3) is 3.73. The highest BCUT2D eigenvalue weighted by atomic mass is 16.5. The van der Waals surface area contributed by atoms with Crippen molar-refractivity contribution in [2.75, 3.05) is 0 Å². The molecule has 5 atom stereocenters. The van der Waals surface area contributed by atoms with Gasteiger partial charge in [-0.1, -0.05) is 55.5 Å². The number of tetrazole rings is 1. The highest BCUT2D eigenvalue weighted by molar-refractivity contribution is 5.46. The molecule has 3 aliphatic rings. The summed E-state index contributed by atoms with van der Waals surface area (Å²) in [5, 5.41) is 15.0. The van der Waals surface area contributed by atoms with Crippen LogP contribution in [0.3, 0.4) is 0 Å². The Kier molecular flexibility index (Phi) is 5.66. The van der Waals surface area contributed by atoms with Gasteiger partial charge < -0.3 is 4.74 Å². The summed E-state index contributed by atoms with van der Waals surface area (Å²) < 4.78 is 6.35. The van der Waals surface area contributed by atoms with Crippen LogP contribution in [0, 0.1) is 23.2 Å². The van der Waals surface area contributed by atoms with Crippen LogP contribution in [0.4, 0.5) is 0 Å². The van der Waals surface area contributed by atoms with E-state index in [0.29, 0.717) is 23.9 Å². The normalized spacial score (nSPS) is 29.8. The van der Waals surface area contributed by atoms with Gasteiger partial charge in [-0.2, -0.15) is 5.21 Å². The molecule has 6 rings (SSSR count). The number of hydrogen-bond acceptors (Lipinski definition) is 4. The van der Waals surface area contributed by atoms with E-state index in [1.165, 1.54) is 55.2 Å². The van der Waals surface area contributed by atoms with Gasteiger partial charge in [-0.05, 0) is 102 Å². The second-order valence-electron chi connectivity index (χ2n) is 11.1. The quantitative estimate of drug-likeness (QED) is 0.490. The van der Waals surface area contributed by atoms with E-state index in [1.54, 1.807) is 5.56 Å². The van der Waals surface area contributed by atoms with E-state index >= 15 is 0 Å². The first-order valence-corrected chi connectivity index (χ1v) is 13.2. The van der Waals surface area contributed by atoms with Gasteiger partial charge in [0.25, 0.3) is 0 Å². The highest BCUT2D eigenvalue weighted by Gasteiger charge is 2.54. The van der Waals surface area contributed by atoms with Gasteiger partial charge in [-0.3, -0.25) is 0 Å². The summed E-state index contributed by atoms with van der Waals surface area (Å²) in [6.45, 7) is 5.47. The minimum absolute atomic E-state index is 0.408. The number of rotatable bonds is 6. The van der Waals surface area contributed by atoms with Crippen LogP contribution in [0.15, 0.2) is 42.5 Å². The maximum absolute atomic E-state index is 6.35. The molecule has 1 heterocycles. The number of benzene rings is 2. The molecule has 0 spiro atoms. The maximum atomic E-state index is 6.35.